The minimum absolute atomic E-state index is 0.0951. The van der Waals surface area contributed by atoms with Crippen LogP contribution in [0.5, 0.6) is 17.2 Å². The smallest absolute Gasteiger partial charge is 0.463 e. The topological polar surface area (TPSA) is 172 Å². The third kappa shape index (κ3) is 14.8. The fourth-order valence-electron chi connectivity index (χ4n) is 4.26. The van der Waals surface area contributed by atoms with Crippen molar-refractivity contribution in [1.82, 2.24) is 0 Å². The Morgan fingerprint density at radius 3 is 1.61 bits per heavy atom. The van der Waals surface area contributed by atoms with E-state index in [1.807, 2.05) is 6.92 Å². The average Bonchev–Trinajstić information content (AvgIpc) is 3.13. The third-order valence-electron chi connectivity index (χ3n) is 6.86. The lowest BCUT2D eigenvalue weighted by Gasteiger charge is -2.18. The number of benzene rings is 3. The molecule has 0 aliphatic heterocycles. The van der Waals surface area contributed by atoms with E-state index in [4.69, 9.17) is 43.1 Å². The van der Waals surface area contributed by atoms with Gasteiger partial charge in [0.1, 0.15) is 24.2 Å². The number of carbonyl (C=O) groups excluding carboxylic acids is 4. The highest BCUT2D eigenvalue weighted by Crippen LogP contribution is 2.31. The maximum Gasteiger partial charge on any atom is 0.513 e. The Morgan fingerprint density at radius 1 is 0.667 bits per heavy atom. The summed E-state index contributed by atoms with van der Waals surface area (Å²) >= 11 is 0. The summed E-state index contributed by atoms with van der Waals surface area (Å²) in [6.45, 7) is 9.15. The van der Waals surface area contributed by atoms with Crippen molar-refractivity contribution >= 4 is 24.2 Å². The summed E-state index contributed by atoms with van der Waals surface area (Å²) in [5.41, 5.74) is 2.73. The third-order valence-corrected chi connectivity index (χ3v) is 6.86. The zero-order valence-corrected chi connectivity index (χ0v) is 28.1. The van der Waals surface area contributed by atoms with Crippen LogP contribution in [0.4, 0.5) is 9.59 Å². The maximum absolute atomic E-state index is 12.0. The number of hydrogen-bond acceptors (Lipinski definition) is 14. The molecule has 1 atom stereocenters. The van der Waals surface area contributed by atoms with E-state index in [1.54, 1.807) is 66.7 Å². The molecule has 1 N–H and O–H groups in total. The van der Waals surface area contributed by atoms with E-state index in [1.165, 1.54) is 0 Å². The minimum atomic E-state index is -0.881. The first-order valence-corrected chi connectivity index (χ1v) is 15.9. The summed E-state index contributed by atoms with van der Waals surface area (Å²) < 4.78 is 30.1. The standard InChI is InChI=1S/C37H40O14/c1-4-33(38)43-20-6-8-22-45-36(40)48-29-14-10-27(11-15-29)25-47-51-31-18-19-32(26(3)24-31)35(50-42)28-12-16-30(17-13-28)49-37(41)46-23-9-7-21-44-34(39)5-2/h4-5,10-19,24,35,42H,1-2,6-9,20-23,25H2,3H3. The number of hydrogen-bond donors (Lipinski definition) is 1. The van der Waals surface area contributed by atoms with E-state index >= 15 is 0 Å². The zero-order chi connectivity index (χ0) is 36.8. The number of unbranched alkanes of at least 4 members (excludes halogenated alkanes) is 2. The van der Waals surface area contributed by atoms with E-state index < -0.39 is 30.4 Å². The van der Waals surface area contributed by atoms with Gasteiger partial charge in [0.05, 0.1) is 26.4 Å². The molecule has 0 aliphatic rings. The fraction of sp³-hybridized carbons (Fsp3) is 0.297. The first-order valence-electron chi connectivity index (χ1n) is 15.9. The molecule has 14 nitrogen and oxygen atoms in total. The molecular weight excluding hydrogens is 668 g/mol. The number of esters is 2. The molecule has 51 heavy (non-hydrogen) atoms. The fourth-order valence-corrected chi connectivity index (χ4v) is 4.26. The molecule has 0 amide bonds. The van der Waals surface area contributed by atoms with Crippen molar-refractivity contribution in [2.75, 3.05) is 26.4 Å². The van der Waals surface area contributed by atoms with Gasteiger partial charge in [-0.2, -0.15) is 4.89 Å². The van der Waals surface area contributed by atoms with Gasteiger partial charge in [-0.25, -0.2) is 24.1 Å². The zero-order valence-electron chi connectivity index (χ0n) is 28.1. The van der Waals surface area contributed by atoms with Crippen LogP contribution < -0.4 is 14.4 Å². The van der Waals surface area contributed by atoms with Gasteiger partial charge in [0.15, 0.2) is 5.75 Å². The molecule has 0 fully saturated rings. The van der Waals surface area contributed by atoms with Gasteiger partial charge in [-0.1, -0.05) is 43.5 Å². The van der Waals surface area contributed by atoms with Crippen LogP contribution in [0.3, 0.4) is 0 Å². The highest BCUT2D eigenvalue weighted by molar-refractivity contribution is 5.81. The highest BCUT2D eigenvalue weighted by atomic mass is 17.2. The van der Waals surface area contributed by atoms with Gasteiger partial charge in [0.25, 0.3) is 0 Å². The quantitative estimate of drug-likeness (QED) is 0.0225. The molecule has 3 aromatic rings. The largest absolute Gasteiger partial charge is 0.513 e. The first-order chi connectivity index (χ1) is 24.7. The van der Waals surface area contributed by atoms with Gasteiger partial charge in [0, 0.05) is 12.2 Å². The van der Waals surface area contributed by atoms with Crippen LogP contribution in [0, 0.1) is 6.92 Å². The van der Waals surface area contributed by atoms with E-state index in [0.717, 1.165) is 23.3 Å². The summed E-state index contributed by atoms with van der Waals surface area (Å²) in [5, 5.41) is 9.72. The summed E-state index contributed by atoms with van der Waals surface area (Å²) in [4.78, 5) is 61.5. The van der Waals surface area contributed by atoms with E-state index in [0.29, 0.717) is 42.6 Å². The van der Waals surface area contributed by atoms with Crippen LogP contribution in [0.2, 0.25) is 0 Å². The second-order valence-corrected chi connectivity index (χ2v) is 10.6. The lowest BCUT2D eigenvalue weighted by Crippen LogP contribution is -2.12. The lowest BCUT2D eigenvalue weighted by atomic mass is 9.97. The van der Waals surface area contributed by atoms with Gasteiger partial charge in [-0.05, 0) is 91.3 Å². The van der Waals surface area contributed by atoms with E-state index in [-0.39, 0.29) is 44.5 Å². The molecule has 0 aliphatic carbocycles. The van der Waals surface area contributed by atoms with Crippen LogP contribution in [0.1, 0.15) is 54.0 Å². The average molecular weight is 709 g/mol. The SMILES string of the molecule is C=CC(=O)OCCCCOC(=O)Oc1ccc(COOc2ccc(C(OO)c3ccc(OC(=O)OCCCCOC(=O)C=C)cc3)c(C)c2)cc1. The normalized spacial score (nSPS) is 11.0. The molecule has 0 bridgehead atoms. The predicted octanol–water partition coefficient (Wildman–Crippen LogP) is 7.13. The van der Waals surface area contributed by atoms with Gasteiger partial charge in [-0.15, -0.1) is 0 Å². The second-order valence-electron chi connectivity index (χ2n) is 10.6. The van der Waals surface area contributed by atoms with Crippen molar-refractivity contribution in [2.24, 2.45) is 0 Å². The molecule has 0 radical (unpaired) electrons. The van der Waals surface area contributed by atoms with Gasteiger partial charge in [0.2, 0.25) is 0 Å². The second kappa shape index (κ2) is 22.1. The maximum atomic E-state index is 12.0. The predicted molar refractivity (Wildman–Crippen MR) is 180 cm³/mol. The van der Waals surface area contributed by atoms with E-state index in [9.17, 15) is 24.4 Å². The Balaban J connectivity index is 1.39. The summed E-state index contributed by atoms with van der Waals surface area (Å²) in [7, 11) is 0. The van der Waals surface area contributed by atoms with Gasteiger partial charge < -0.3 is 33.3 Å². The Bertz CT molecular complexity index is 1580. The lowest BCUT2D eigenvalue weighted by molar-refractivity contribution is -0.270. The molecule has 272 valence electrons. The minimum Gasteiger partial charge on any atom is -0.463 e. The Kier molecular flexibility index (Phi) is 17.2. The first kappa shape index (κ1) is 39.7. The highest BCUT2D eigenvalue weighted by Gasteiger charge is 2.19. The Labute approximate surface area is 294 Å². The van der Waals surface area contributed by atoms with Crippen LogP contribution in [0.15, 0.2) is 92.0 Å². The van der Waals surface area contributed by atoms with Crippen molar-refractivity contribution in [1.29, 1.82) is 0 Å². The van der Waals surface area contributed by atoms with Crippen molar-refractivity contribution in [3.05, 3.63) is 114 Å². The number of aryl methyl sites for hydroxylation is 1. The summed E-state index contributed by atoms with van der Waals surface area (Å²) in [6.07, 6.45) is 1.61. The van der Waals surface area contributed by atoms with Gasteiger partial charge >= 0.3 is 24.2 Å². The van der Waals surface area contributed by atoms with Crippen molar-refractivity contribution < 1.29 is 67.5 Å². The van der Waals surface area contributed by atoms with Crippen LogP contribution >= 0.6 is 0 Å². The number of carbonyl (C=O) groups is 4. The summed E-state index contributed by atoms with van der Waals surface area (Å²) in [6, 6.07) is 18.0. The molecule has 0 spiro atoms. The molecule has 14 heteroatoms. The van der Waals surface area contributed by atoms with Crippen molar-refractivity contribution in [3.8, 4) is 17.2 Å². The van der Waals surface area contributed by atoms with Crippen molar-refractivity contribution in [3.63, 3.8) is 0 Å². The Morgan fingerprint density at radius 2 is 1.14 bits per heavy atom. The van der Waals surface area contributed by atoms with Crippen LogP contribution in [-0.2, 0) is 44.9 Å². The van der Waals surface area contributed by atoms with Gasteiger partial charge in [-0.3, -0.25) is 5.26 Å². The molecule has 0 heterocycles. The number of rotatable bonds is 21. The Hall–Kier alpha value is -5.70. The number of ether oxygens (including phenoxy) is 6. The monoisotopic (exact) mass is 708 g/mol. The summed E-state index contributed by atoms with van der Waals surface area (Å²) in [5.74, 6) is -0.0816. The molecule has 3 aromatic carbocycles. The van der Waals surface area contributed by atoms with Crippen LogP contribution in [-0.4, -0.2) is 55.9 Å². The van der Waals surface area contributed by atoms with Crippen molar-refractivity contribution in [2.45, 2.75) is 45.3 Å². The molecular formula is C37H40O14. The molecule has 1 unspecified atom stereocenters. The molecule has 0 saturated heterocycles. The van der Waals surface area contributed by atoms with Crippen LogP contribution in [0.25, 0.3) is 0 Å². The van der Waals surface area contributed by atoms with E-state index in [2.05, 4.69) is 13.2 Å². The molecule has 3 rings (SSSR count). The molecule has 0 aromatic heterocycles. The molecule has 0 saturated carbocycles.